The van der Waals surface area contributed by atoms with Crippen LogP contribution in [0.25, 0.3) is 100 Å². The number of fused-ring (bicyclic) bond motifs is 6. The van der Waals surface area contributed by atoms with Gasteiger partial charge >= 0.3 is 0 Å². The second-order valence-electron chi connectivity index (χ2n) is 24.5. The highest BCUT2D eigenvalue weighted by Gasteiger charge is 2.26. The predicted octanol–water partition coefficient (Wildman–Crippen LogP) is 17.7. The van der Waals surface area contributed by atoms with Crippen LogP contribution < -0.4 is 0 Å². The Labute approximate surface area is 446 Å². The molecule has 0 aliphatic heterocycles. The highest BCUT2D eigenvalue weighted by Crippen LogP contribution is 2.43. The second kappa shape index (κ2) is 18.0. The van der Waals surface area contributed by atoms with E-state index in [1.165, 1.54) is 43.8 Å². The Hall–Kier alpha value is -8.65. The predicted molar refractivity (Wildman–Crippen MR) is 314 cm³/mol. The van der Waals surface area contributed by atoms with Crippen LogP contribution in [0.1, 0.15) is 116 Å². The largest absolute Gasteiger partial charge is 0.309 e. The van der Waals surface area contributed by atoms with Crippen molar-refractivity contribution in [3.8, 4) is 68.8 Å². The van der Waals surface area contributed by atoms with E-state index in [0.717, 1.165) is 55.7 Å². The third kappa shape index (κ3) is 8.70. The summed E-state index contributed by atoms with van der Waals surface area (Å²) in [4.78, 5) is 15.7. The summed E-state index contributed by atoms with van der Waals surface area (Å²) in [5.41, 5.74) is 15.7. The monoisotopic (exact) mass is 990 g/mol. The molecule has 0 aliphatic carbocycles. The highest BCUT2D eigenvalue weighted by molar-refractivity contribution is 6.11. The summed E-state index contributed by atoms with van der Waals surface area (Å²) in [7, 11) is 0. The van der Waals surface area contributed by atoms with Gasteiger partial charge in [0.2, 0.25) is 0 Å². The van der Waals surface area contributed by atoms with Crippen molar-refractivity contribution in [2.24, 2.45) is 0 Å². The minimum Gasteiger partial charge on any atom is -0.309 e. The van der Waals surface area contributed by atoms with E-state index in [0.29, 0.717) is 34.2 Å². The minimum atomic E-state index is -0.0437. The van der Waals surface area contributed by atoms with Gasteiger partial charge in [0.05, 0.1) is 45.3 Å². The van der Waals surface area contributed by atoms with Gasteiger partial charge < -0.3 is 9.13 Å². The standard InChI is InChI=1S/C69H63N7/c1-66(2,3)45-22-30-59-55(35-45)56-36-46(67(4,5)6)23-31-60(56)75(59)49-26-28-52(44(34-49)41-71)64-72-63(42-18-14-13-15-19-42)73-65(74-64)53-29-27-50(39-54(53)51-21-17-16-20-43(51)40-70)76-61-32-24-47(68(7,8)9)37-57(61)58-38-48(69(10,11)12)25-33-62(58)76/h13-39H,1-12H3. The molecule has 3 aromatic heterocycles. The van der Waals surface area contributed by atoms with E-state index in [9.17, 15) is 10.5 Å². The average Bonchev–Trinajstić information content (AvgIpc) is 3.95. The van der Waals surface area contributed by atoms with Gasteiger partial charge in [-0.15, -0.1) is 0 Å². The summed E-state index contributed by atoms with van der Waals surface area (Å²) in [6, 6.07) is 62.3. The maximum atomic E-state index is 11.1. The van der Waals surface area contributed by atoms with Crippen molar-refractivity contribution in [1.29, 1.82) is 10.5 Å². The van der Waals surface area contributed by atoms with Crippen molar-refractivity contribution >= 4 is 43.6 Å². The second-order valence-corrected chi connectivity index (χ2v) is 24.5. The Morgan fingerprint density at radius 1 is 0.329 bits per heavy atom. The van der Waals surface area contributed by atoms with Crippen LogP contribution in [-0.2, 0) is 21.7 Å². The Morgan fingerprint density at radius 2 is 0.711 bits per heavy atom. The van der Waals surface area contributed by atoms with Crippen LogP contribution in [0, 0.1) is 22.7 Å². The highest BCUT2D eigenvalue weighted by atomic mass is 15.0. The van der Waals surface area contributed by atoms with Gasteiger partial charge in [-0.2, -0.15) is 10.5 Å². The molecule has 7 heteroatoms. The summed E-state index contributed by atoms with van der Waals surface area (Å²) in [5, 5.41) is 26.5. The first kappa shape index (κ1) is 49.6. The zero-order valence-electron chi connectivity index (χ0n) is 45.7. The number of benzene rings is 8. The normalized spacial score (nSPS) is 12.4. The molecule has 76 heavy (non-hydrogen) atoms. The first-order valence-corrected chi connectivity index (χ1v) is 26.3. The molecule has 0 radical (unpaired) electrons. The Kier molecular flexibility index (Phi) is 11.8. The molecule has 0 spiro atoms. The lowest BCUT2D eigenvalue weighted by Crippen LogP contribution is -2.10. The van der Waals surface area contributed by atoms with Crippen molar-refractivity contribution in [2.75, 3.05) is 0 Å². The Bertz CT molecular complexity index is 4080. The summed E-state index contributed by atoms with van der Waals surface area (Å²) < 4.78 is 4.61. The lowest BCUT2D eigenvalue weighted by Gasteiger charge is -2.19. The molecule has 3 heterocycles. The van der Waals surface area contributed by atoms with Crippen molar-refractivity contribution < 1.29 is 0 Å². The number of rotatable bonds is 6. The quantitative estimate of drug-likeness (QED) is 0.165. The molecule has 8 aromatic carbocycles. The molecule has 7 nitrogen and oxygen atoms in total. The molecule has 0 atom stereocenters. The summed E-state index contributed by atoms with van der Waals surface area (Å²) >= 11 is 0. The van der Waals surface area contributed by atoms with Crippen LogP contribution in [0.2, 0.25) is 0 Å². The number of nitrogens with zero attached hydrogens (tertiary/aromatic N) is 7. The molecule has 11 rings (SSSR count). The fourth-order valence-corrected chi connectivity index (χ4v) is 10.7. The summed E-state index contributed by atoms with van der Waals surface area (Å²) in [6.07, 6.45) is 0. The molecular formula is C69H63N7. The lowest BCUT2D eigenvalue weighted by atomic mass is 9.85. The van der Waals surface area contributed by atoms with Crippen LogP contribution in [0.4, 0.5) is 0 Å². The Balaban J connectivity index is 1.13. The molecular weight excluding hydrogens is 927 g/mol. The molecule has 0 amide bonds. The van der Waals surface area contributed by atoms with Gasteiger partial charge in [0.25, 0.3) is 0 Å². The number of nitriles is 2. The van der Waals surface area contributed by atoms with Gasteiger partial charge in [-0.05, 0) is 140 Å². The molecule has 0 saturated heterocycles. The van der Waals surface area contributed by atoms with Crippen molar-refractivity contribution in [3.05, 3.63) is 197 Å². The van der Waals surface area contributed by atoms with E-state index >= 15 is 0 Å². The minimum absolute atomic E-state index is 0.0380. The van der Waals surface area contributed by atoms with Gasteiger partial charge in [-0.3, -0.25) is 0 Å². The lowest BCUT2D eigenvalue weighted by molar-refractivity contribution is 0.590. The van der Waals surface area contributed by atoms with E-state index in [1.807, 2.05) is 66.7 Å². The van der Waals surface area contributed by atoms with Crippen LogP contribution >= 0.6 is 0 Å². The van der Waals surface area contributed by atoms with Crippen molar-refractivity contribution in [1.82, 2.24) is 24.1 Å². The van der Waals surface area contributed by atoms with E-state index in [2.05, 4.69) is 201 Å². The number of hydrogen-bond donors (Lipinski definition) is 0. The van der Waals surface area contributed by atoms with Crippen LogP contribution in [0.5, 0.6) is 0 Å². The molecule has 0 bridgehead atoms. The molecule has 11 aromatic rings. The van der Waals surface area contributed by atoms with E-state index in [-0.39, 0.29) is 21.7 Å². The van der Waals surface area contributed by atoms with E-state index in [4.69, 9.17) is 15.0 Å². The zero-order chi connectivity index (χ0) is 53.6. The number of hydrogen-bond acceptors (Lipinski definition) is 5. The first-order chi connectivity index (χ1) is 36.1. The van der Waals surface area contributed by atoms with Gasteiger partial charge in [0.1, 0.15) is 0 Å². The zero-order valence-corrected chi connectivity index (χ0v) is 45.7. The molecule has 0 N–H and O–H groups in total. The fraction of sp³-hybridized carbons (Fsp3) is 0.232. The van der Waals surface area contributed by atoms with E-state index in [1.54, 1.807) is 0 Å². The third-order valence-corrected chi connectivity index (χ3v) is 15.1. The molecule has 0 fully saturated rings. The summed E-state index contributed by atoms with van der Waals surface area (Å²) in [6.45, 7) is 27.0. The molecule has 0 saturated carbocycles. The van der Waals surface area contributed by atoms with Gasteiger partial charge in [0, 0.05) is 55.2 Å². The van der Waals surface area contributed by atoms with Crippen LogP contribution in [-0.4, -0.2) is 24.1 Å². The molecule has 374 valence electrons. The number of aromatic nitrogens is 5. The van der Waals surface area contributed by atoms with Gasteiger partial charge in [0.15, 0.2) is 17.5 Å². The SMILES string of the molecule is CC(C)(C)c1ccc2c(c1)c1cc(C(C)(C)C)ccc1n2-c1ccc(-c2nc(-c3ccccc3)nc(-c3ccc(-n4c5ccc(C(C)(C)C)cc5c5cc(C(C)(C)C)ccc54)cc3-c3ccccc3C#N)n2)c(C#N)c1. The maximum absolute atomic E-state index is 11.1. The van der Waals surface area contributed by atoms with Crippen molar-refractivity contribution in [3.63, 3.8) is 0 Å². The first-order valence-electron chi connectivity index (χ1n) is 26.3. The average molecular weight is 990 g/mol. The Morgan fingerprint density at radius 3 is 1.14 bits per heavy atom. The molecule has 0 unspecified atom stereocenters. The fourth-order valence-electron chi connectivity index (χ4n) is 10.7. The van der Waals surface area contributed by atoms with Crippen LogP contribution in [0.3, 0.4) is 0 Å². The van der Waals surface area contributed by atoms with Gasteiger partial charge in [-0.1, -0.05) is 156 Å². The van der Waals surface area contributed by atoms with E-state index < -0.39 is 0 Å². The maximum Gasteiger partial charge on any atom is 0.165 e. The summed E-state index contributed by atoms with van der Waals surface area (Å²) in [5.74, 6) is 1.26. The topological polar surface area (TPSA) is 96.1 Å². The van der Waals surface area contributed by atoms with Gasteiger partial charge in [-0.25, -0.2) is 15.0 Å². The van der Waals surface area contributed by atoms with Crippen molar-refractivity contribution in [2.45, 2.75) is 105 Å². The molecule has 0 aliphatic rings. The third-order valence-electron chi connectivity index (χ3n) is 15.1. The smallest absolute Gasteiger partial charge is 0.165 e. The van der Waals surface area contributed by atoms with Crippen LogP contribution in [0.15, 0.2) is 164 Å².